The van der Waals surface area contributed by atoms with E-state index in [9.17, 15) is 9.59 Å². The Morgan fingerprint density at radius 3 is 2.62 bits per heavy atom. The highest BCUT2D eigenvalue weighted by molar-refractivity contribution is 5.97. The van der Waals surface area contributed by atoms with Gasteiger partial charge in [0, 0.05) is 19.3 Å². The van der Waals surface area contributed by atoms with Crippen molar-refractivity contribution in [3.05, 3.63) is 35.4 Å². The van der Waals surface area contributed by atoms with Crippen molar-refractivity contribution >= 4 is 11.8 Å². The Hall–Kier alpha value is -1.92. The number of hydrogen-bond acceptors (Lipinski definition) is 4. The molecule has 26 heavy (non-hydrogen) atoms. The Kier molecular flexibility index (Phi) is 7.17. The van der Waals surface area contributed by atoms with Gasteiger partial charge in [0.25, 0.3) is 5.91 Å². The zero-order valence-electron chi connectivity index (χ0n) is 16.2. The van der Waals surface area contributed by atoms with Gasteiger partial charge >= 0.3 is 0 Å². The first-order chi connectivity index (χ1) is 12.4. The Labute approximate surface area is 155 Å². The van der Waals surface area contributed by atoms with Crippen LogP contribution in [-0.4, -0.2) is 49.8 Å². The van der Waals surface area contributed by atoms with Gasteiger partial charge in [-0.1, -0.05) is 31.5 Å². The van der Waals surface area contributed by atoms with Gasteiger partial charge in [-0.2, -0.15) is 0 Å². The molecule has 0 spiro atoms. The Morgan fingerprint density at radius 1 is 1.31 bits per heavy atom. The fraction of sp³-hybridized carbons (Fsp3) is 0.600. The minimum absolute atomic E-state index is 0.00897. The number of rotatable bonds is 8. The normalized spacial score (nSPS) is 23.2. The fourth-order valence-electron chi connectivity index (χ4n) is 3.23. The second-order valence-electron chi connectivity index (χ2n) is 7.11. The van der Waals surface area contributed by atoms with Crippen LogP contribution in [0.25, 0.3) is 0 Å². The molecule has 6 heteroatoms. The van der Waals surface area contributed by atoms with Gasteiger partial charge in [0.15, 0.2) is 0 Å². The minimum Gasteiger partial charge on any atom is -0.377 e. The van der Waals surface area contributed by atoms with E-state index in [0.29, 0.717) is 18.6 Å². The lowest BCUT2D eigenvalue weighted by Crippen LogP contribution is -2.63. The number of benzene rings is 1. The minimum atomic E-state index is -0.605. The number of aryl methyl sites for hydroxylation is 1. The summed E-state index contributed by atoms with van der Waals surface area (Å²) in [5, 5.41) is 5.86. The van der Waals surface area contributed by atoms with Crippen molar-refractivity contribution in [1.29, 1.82) is 0 Å². The molecule has 2 N–H and O–H groups in total. The van der Waals surface area contributed by atoms with E-state index in [1.54, 1.807) is 13.2 Å². The van der Waals surface area contributed by atoms with Crippen molar-refractivity contribution in [3.63, 3.8) is 0 Å². The molecule has 0 saturated heterocycles. The van der Waals surface area contributed by atoms with E-state index in [4.69, 9.17) is 9.47 Å². The maximum atomic E-state index is 12.7. The topological polar surface area (TPSA) is 76.7 Å². The van der Waals surface area contributed by atoms with Gasteiger partial charge in [-0.3, -0.25) is 9.59 Å². The lowest BCUT2D eigenvalue weighted by Gasteiger charge is -2.43. The van der Waals surface area contributed by atoms with Crippen molar-refractivity contribution in [1.82, 2.24) is 10.6 Å². The van der Waals surface area contributed by atoms with Crippen LogP contribution in [0.2, 0.25) is 0 Å². The second kappa shape index (κ2) is 9.14. The molecule has 0 radical (unpaired) electrons. The summed E-state index contributed by atoms with van der Waals surface area (Å²) in [6, 6.07) is 6.62. The highest BCUT2D eigenvalue weighted by atomic mass is 16.5. The first kappa shape index (κ1) is 20.4. The summed E-state index contributed by atoms with van der Waals surface area (Å²) >= 11 is 0. The van der Waals surface area contributed by atoms with E-state index in [2.05, 4.69) is 10.6 Å². The summed E-state index contributed by atoms with van der Waals surface area (Å²) in [5.74, 6) is -0.470. The number of nitrogens with one attached hydrogen (secondary N) is 2. The van der Waals surface area contributed by atoms with E-state index >= 15 is 0 Å². The molecule has 0 aliphatic heterocycles. The van der Waals surface area contributed by atoms with Crippen LogP contribution in [0.3, 0.4) is 0 Å². The fourth-order valence-corrected chi connectivity index (χ4v) is 3.23. The molecule has 144 valence electrons. The molecule has 0 heterocycles. The maximum Gasteiger partial charge on any atom is 0.251 e. The average molecular weight is 362 g/mol. The molecule has 0 bridgehead atoms. The molecule has 0 aromatic heterocycles. The monoisotopic (exact) mass is 362 g/mol. The zero-order valence-corrected chi connectivity index (χ0v) is 16.2. The molecule has 1 aromatic carbocycles. The van der Waals surface area contributed by atoms with E-state index in [1.807, 2.05) is 45.9 Å². The highest BCUT2D eigenvalue weighted by Crippen LogP contribution is 2.27. The molecule has 6 nitrogen and oxygen atoms in total. The van der Waals surface area contributed by atoms with Gasteiger partial charge in [0.2, 0.25) is 5.91 Å². The molecule has 1 fully saturated rings. The van der Waals surface area contributed by atoms with Gasteiger partial charge in [-0.15, -0.1) is 0 Å². The predicted octanol–water partition coefficient (Wildman–Crippen LogP) is 2.06. The number of methoxy groups -OCH3 is 1. The van der Waals surface area contributed by atoms with Crippen molar-refractivity contribution < 1.29 is 19.1 Å². The summed E-state index contributed by atoms with van der Waals surface area (Å²) in [5.41, 5.74) is 1.56. The SMILES string of the molecule is CCO[C@@H]1C[C@H](NC(=O)[C@@H](NC(=O)c2cccc(C)c2)C(C)C)[C@H]1OC. The quantitative estimate of drug-likeness (QED) is 0.742. The van der Waals surface area contributed by atoms with Crippen LogP contribution in [0.4, 0.5) is 0 Å². The molecule has 1 aliphatic rings. The number of ether oxygens (including phenoxy) is 2. The first-order valence-corrected chi connectivity index (χ1v) is 9.19. The standard InChI is InChI=1S/C20H30N2O4/c1-6-26-16-11-15(18(16)25-5)21-20(24)17(12(2)3)22-19(23)14-9-7-8-13(4)10-14/h7-10,12,15-18H,6,11H2,1-5H3,(H,21,24)(H,22,23)/t15-,16+,17-,18+/m0/s1. The van der Waals surface area contributed by atoms with Gasteiger partial charge < -0.3 is 20.1 Å². The van der Waals surface area contributed by atoms with Crippen molar-refractivity contribution in [2.24, 2.45) is 5.92 Å². The molecule has 2 amide bonds. The highest BCUT2D eigenvalue weighted by Gasteiger charge is 2.43. The Bertz CT molecular complexity index is 632. The van der Waals surface area contributed by atoms with E-state index in [1.165, 1.54) is 0 Å². The lowest BCUT2D eigenvalue weighted by atomic mass is 9.84. The Balaban J connectivity index is 1.98. The van der Waals surface area contributed by atoms with Crippen LogP contribution in [0, 0.1) is 12.8 Å². The van der Waals surface area contributed by atoms with Crippen molar-refractivity contribution in [2.75, 3.05) is 13.7 Å². The van der Waals surface area contributed by atoms with Gasteiger partial charge in [0.1, 0.15) is 12.1 Å². The van der Waals surface area contributed by atoms with Crippen LogP contribution in [-0.2, 0) is 14.3 Å². The number of amides is 2. The summed E-state index contributed by atoms with van der Waals surface area (Å²) in [6.07, 6.45) is 0.572. The molecule has 4 atom stereocenters. The molecular weight excluding hydrogens is 332 g/mol. The zero-order chi connectivity index (χ0) is 19.3. The lowest BCUT2D eigenvalue weighted by molar-refractivity contribution is -0.144. The third-order valence-corrected chi connectivity index (χ3v) is 4.75. The number of carbonyl (C=O) groups is 2. The van der Waals surface area contributed by atoms with Crippen molar-refractivity contribution in [3.8, 4) is 0 Å². The van der Waals surface area contributed by atoms with E-state index in [0.717, 1.165) is 5.56 Å². The molecule has 0 unspecified atom stereocenters. The third-order valence-electron chi connectivity index (χ3n) is 4.75. The van der Waals surface area contributed by atoms with Crippen LogP contribution in [0.15, 0.2) is 24.3 Å². The molecule has 1 aliphatic carbocycles. The predicted molar refractivity (Wildman–Crippen MR) is 100 cm³/mol. The van der Waals surface area contributed by atoms with Crippen LogP contribution in [0.1, 0.15) is 43.1 Å². The number of carbonyl (C=O) groups excluding carboxylic acids is 2. The third kappa shape index (κ3) is 4.83. The van der Waals surface area contributed by atoms with Gasteiger partial charge in [0.05, 0.1) is 12.1 Å². The largest absolute Gasteiger partial charge is 0.377 e. The smallest absolute Gasteiger partial charge is 0.251 e. The van der Waals surface area contributed by atoms with Crippen LogP contribution in [0.5, 0.6) is 0 Å². The van der Waals surface area contributed by atoms with Gasteiger partial charge in [-0.25, -0.2) is 0 Å². The molecule has 1 saturated carbocycles. The van der Waals surface area contributed by atoms with Crippen molar-refractivity contribution in [2.45, 2.75) is 58.4 Å². The first-order valence-electron chi connectivity index (χ1n) is 9.19. The Morgan fingerprint density at radius 2 is 2.04 bits per heavy atom. The average Bonchev–Trinajstić information content (AvgIpc) is 2.58. The van der Waals surface area contributed by atoms with Crippen LogP contribution < -0.4 is 10.6 Å². The molecule has 1 aromatic rings. The number of hydrogen-bond donors (Lipinski definition) is 2. The second-order valence-corrected chi connectivity index (χ2v) is 7.11. The summed E-state index contributed by atoms with van der Waals surface area (Å²) < 4.78 is 11.0. The van der Waals surface area contributed by atoms with Crippen LogP contribution >= 0.6 is 0 Å². The maximum absolute atomic E-state index is 12.7. The molecular formula is C20H30N2O4. The molecule has 2 rings (SSSR count). The summed E-state index contributed by atoms with van der Waals surface area (Å²) in [6.45, 7) is 8.32. The summed E-state index contributed by atoms with van der Waals surface area (Å²) in [4.78, 5) is 25.2. The summed E-state index contributed by atoms with van der Waals surface area (Å²) in [7, 11) is 1.62. The van der Waals surface area contributed by atoms with E-state index in [-0.39, 0.29) is 36.0 Å². The van der Waals surface area contributed by atoms with Gasteiger partial charge in [-0.05, 0) is 38.3 Å². The van der Waals surface area contributed by atoms with E-state index < -0.39 is 6.04 Å².